The Balaban J connectivity index is 2.62. The highest BCUT2D eigenvalue weighted by atomic mass is 32.2. The molecule has 0 bridgehead atoms. The van der Waals surface area contributed by atoms with Gasteiger partial charge in [-0.05, 0) is 25.5 Å². The fraction of sp³-hybridized carbons (Fsp3) is 0.800. The van der Waals surface area contributed by atoms with E-state index in [1.807, 2.05) is 14.0 Å². The Kier molecular flexibility index (Phi) is 4.70. The maximum absolute atomic E-state index is 12.0. The summed E-state index contributed by atoms with van der Waals surface area (Å²) in [7, 11) is 2.00. The largest absolute Gasteiger partial charge is 0.332 e. The summed E-state index contributed by atoms with van der Waals surface area (Å²) in [4.78, 5) is 25.1. The third kappa shape index (κ3) is 3.00. The summed E-state index contributed by atoms with van der Waals surface area (Å²) in [6.45, 7) is 4.27. The van der Waals surface area contributed by atoms with Gasteiger partial charge in [0.15, 0.2) is 12.9 Å². The van der Waals surface area contributed by atoms with Crippen molar-refractivity contribution in [2.75, 3.05) is 12.3 Å². The van der Waals surface area contributed by atoms with E-state index in [0.29, 0.717) is 0 Å². The molecule has 1 heterocycles. The molecule has 0 aliphatic carbocycles. The van der Waals surface area contributed by atoms with Crippen molar-refractivity contribution in [2.45, 2.75) is 32.7 Å². The number of likely N-dealkylation sites (tertiary alicyclic amines) is 1. The highest BCUT2D eigenvalue weighted by Gasteiger charge is 2.33. The number of hydrogen-bond donors (Lipinski definition) is 0. The molecule has 0 unspecified atom stereocenters. The van der Waals surface area contributed by atoms with E-state index in [9.17, 15) is 9.59 Å². The molecule has 5 heteroatoms. The Morgan fingerprint density at radius 2 is 2.27 bits per heavy atom. The van der Waals surface area contributed by atoms with Gasteiger partial charge in [-0.3, -0.25) is 9.59 Å². The average Bonchev–Trinajstić information content (AvgIpc) is 2.65. The van der Waals surface area contributed by atoms with Crippen LogP contribution < -0.4 is 0 Å². The van der Waals surface area contributed by atoms with Crippen molar-refractivity contribution in [1.29, 1.82) is 0 Å². The number of carbonyl (C=O) groups is 2. The molecular weight excluding hydrogens is 209 g/mol. The number of hydrogen-bond acceptors (Lipinski definition) is 3. The molecule has 1 rings (SSSR count). The van der Waals surface area contributed by atoms with Gasteiger partial charge in [-0.1, -0.05) is 6.92 Å². The van der Waals surface area contributed by atoms with Gasteiger partial charge in [-0.2, -0.15) is 0 Å². The number of carbonyl (C=O) groups excluding carboxylic acids is 2. The van der Waals surface area contributed by atoms with Crippen LogP contribution in [0, 0.1) is 5.92 Å². The zero-order valence-electron chi connectivity index (χ0n) is 9.66. The molecule has 1 fully saturated rings. The molecule has 1 aliphatic rings. The van der Waals surface area contributed by atoms with Crippen LogP contribution >= 0.6 is 11.6 Å². The molecule has 2 atom stereocenters. The summed E-state index contributed by atoms with van der Waals surface area (Å²) >= 11 is 1.67. The molecule has 0 aromatic carbocycles. The van der Waals surface area contributed by atoms with E-state index in [4.69, 9.17) is 0 Å². The van der Waals surface area contributed by atoms with Gasteiger partial charge in [0.1, 0.15) is 0 Å². The van der Waals surface area contributed by atoms with Gasteiger partial charge in [-0.25, -0.2) is 11.6 Å². The van der Waals surface area contributed by atoms with Crippen molar-refractivity contribution in [3.05, 3.63) is 0 Å². The van der Waals surface area contributed by atoms with Gasteiger partial charge in [0.25, 0.3) is 0 Å². The summed E-state index contributed by atoms with van der Waals surface area (Å²) in [5.41, 5.74) is 0. The Labute approximate surface area is 96.3 Å². The Bertz CT molecular complexity index is 260. The van der Waals surface area contributed by atoms with Crippen LogP contribution in [0.3, 0.4) is 0 Å². The summed E-state index contributed by atoms with van der Waals surface area (Å²) in [5, 5.41) is 0. The van der Waals surface area contributed by atoms with Gasteiger partial charge < -0.3 is 4.90 Å². The SMILES string of the molecule is BSC[C@@H](C)C(=O)N1CCC[C@H]1C(C)=O. The lowest BCUT2D eigenvalue weighted by Gasteiger charge is -2.25. The van der Waals surface area contributed by atoms with Crippen LogP contribution in [0.25, 0.3) is 0 Å². The van der Waals surface area contributed by atoms with E-state index in [0.717, 1.165) is 25.1 Å². The molecule has 3 nitrogen and oxygen atoms in total. The van der Waals surface area contributed by atoms with Crippen LogP contribution in [-0.2, 0) is 9.59 Å². The van der Waals surface area contributed by atoms with E-state index < -0.39 is 0 Å². The number of nitrogens with zero attached hydrogens (tertiary/aromatic N) is 1. The molecule has 1 amide bonds. The van der Waals surface area contributed by atoms with Crippen LogP contribution in [0.2, 0.25) is 0 Å². The summed E-state index contributed by atoms with van der Waals surface area (Å²) in [6.07, 6.45) is 1.80. The fourth-order valence-corrected chi connectivity index (χ4v) is 2.70. The Morgan fingerprint density at radius 3 is 2.80 bits per heavy atom. The molecule has 84 valence electrons. The lowest BCUT2D eigenvalue weighted by atomic mass is 10.1. The predicted molar refractivity (Wildman–Crippen MR) is 65.6 cm³/mol. The topological polar surface area (TPSA) is 37.4 Å². The number of amides is 1. The molecular formula is C10H18BNO2S. The van der Waals surface area contributed by atoms with Crippen molar-refractivity contribution in [3.8, 4) is 0 Å². The van der Waals surface area contributed by atoms with Crippen molar-refractivity contribution >= 4 is 30.4 Å². The second kappa shape index (κ2) is 5.59. The van der Waals surface area contributed by atoms with Crippen molar-refractivity contribution in [2.24, 2.45) is 5.92 Å². The number of Topliss-reactive ketones (excluding diaryl/α,β-unsaturated/α-hetero) is 1. The average molecular weight is 227 g/mol. The second-order valence-electron chi connectivity index (χ2n) is 4.16. The van der Waals surface area contributed by atoms with E-state index in [-0.39, 0.29) is 23.7 Å². The maximum Gasteiger partial charge on any atom is 0.226 e. The van der Waals surface area contributed by atoms with E-state index in [2.05, 4.69) is 0 Å². The van der Waals surface area contributed by atoms with Crippen LogP contribution in [0.5, 0.6) is 0 Å². The first-order valence-electron chi connectivity index (χ1n) is 5.37. The molecule has 0 N–H and O–H groups in total. The van der Waals surface area contributed by atoms with E-state index >= 15 is 0 Å². The molecule has 0 saturated carbocycles. The summed E-state index contributed by atoms with van der Waals surface area (Å²) in [5.74, 6) is 1.12. The molecule has 0 spiro atoms. The minimum atomic E-state index is -0.151. The first kappa shape index (κ1) is 12.6. The zero-order valence-corrected chi connectivity index (χ0v) is 10.5. The summed E-state index contributed by atoms with van der Waals surface area (Å²) < 4.78 is 0. The minimum absolute atomic E-state index is 0.0277. The van der Waals surface area contributed by atoms with Crippen molar-refractivity contribution < 1.29 is 9.59 Å². The predicted octanol–water partition coefficient (Wildman–Crippen LogP) is 0.484. The van der Waals surface area contributed by atoms with Gasteiger partial charge in [-0.15, -0.1) is 0 Å². The normalized spacial score (nSPS) is 22.8. The van der Waals surface area contributed by atoms with Crippen LogP contribution in [-0.4, -0.2) is 42.1 Å². The van der Waals surface area contributed by atoms with Crippen LogP contribution in [0.15, 0.2) is 0 Å². The lowest BCUT2D eigenvalue weighted by molar-refractivity contribution is -0.139. The highest BCUT2D eigenvalue weighted by Crippen LogP contribution is 2.21. The zero-order chi connectivity index (χ0) is 11.4. The molecule has 0 aromatic rings. The smallest absolute Gasteiger partial charge is 0.226 e. The summed E-state index contributed by atoms with van der Waals surface area (Å²) in [6, 6.07) is -0.151. The van der Waals surface area contributed by atoms with E-state index in [1.165, 1.54) is 0 Å². The molecule has 0 aromatic heterocycles. The minimum Gasteiger partial charge on any atom is -0.332 e. The third-order valence-corrected chi connectivity index (χ3v) is 3.68. The molecule has 15 heavy (non-hydrogen) atoms. The van der Waals surface area contributed by atoms with Gasteiger partial charge in [0, 0.05) is 12.5 Å². The lowest BCUT2D eigenvalue weighted by Crippen LogP contribution is -2.42. The fourth-order valence-electron chi connectivity index (χ4n) is 2.06. The number of rotatable bonds is 4. The first-order valence-corrected chi connectivity index (χ1v) is 6.77. The standard InChI is InChI=1S/C10H18BNO2S/c1-7(6-15-11)10(14)12-5-3-4-9(12)8(2)13/h7,9H,3-6,11H2,1-2H3/t7-,9+/m1/s1. The Hall–Kier alpha value is -0.445. The van der Waals surface area contributed by atoms with Gasteiger partial charge in [0.05, 0.1) is 6.04 Å². The van der Waals surface area contributed by atoms with E-state index in [1.54, 1.807) is 23.4 Å². The number of ketones is 1. The van der Waals surface area contributed by atoms with Crippen molar-refractivity contribution in [1.82, 2.24) is 4.90 Å². The van der Waals surface area contributed by atoms with Gasteiger partial charge in [0.2, 0.25) is 5.91 Å². The third-order valence-electron chi connectivity index (χ3n) is 2.84. The van der Waals surface area contributed by atoms with Crippen molar-refractivity contribution in [3.63, 3.8) is 0 Å². The first-order chi connectivity index (χ1) is 7.07. The molecule has 1 saturated heterocycles. The second-order valence-corrected chi connectivity index (χ2v) is 5.07. The quantitative estimate of drug-likeness (QED) is 0.656. The maximum atomic E-state index is 12.0. The monoisotopic (exact) mass is 227 g/mol. The van der Waals surface area contributed by atoms with Crippen LogP contribution in [0.1, 0.15) is 26.7 Å². The van der Waals surface area contributed by atoms with Gasteiger partial charge >= 0.3 is 0 Å². The molecule has 0 radical (unpaired) electrons. The van der Waals surface area contributed by atoms with Crippen LogP contribution in [0.4, 0.5) is 0 Å². The Morgan fingerprint density at radius 1 is 1.60 bits per heavy atom. The highest BCUT2D eigenvalue weighted by molar-refractivity contribution is 8.19. The molecule has 1 aliphatic heterocycles.